The molecule has 0 aliphatic heterocycles. The minimum absolute atomic E-state index is 0.363. The molecule has 0 amide bonds. The summed E-state index contributed by atoms with van der Waals surface area (Å²) in [4.78, 5) is 27.7. The summed E-state index contributed by atoms with van der Waals surface area (Å²) >= 11 is 0. The summed E-state index contributed by atoms with van der Waals surface area (Å²) in [5, 5.41) is 1.69. The van der Waals surface area contributed by atoms with Gasteiger partial charge in [0.1, 0.15) is 5.75 Å². The van der Waals surface area contributed by atoms with Gasteiger partial charge in [0.15, 0.2) is 0 Å². The number of aromatic nitrogens is 2. The molecule has 0 fully saturated rings. The zero-order valence-electron chi connectivity index (χ0n) is 19.3. The van der Waals surface area contributed by atoms with Gasteiger partial charge in [0, 0.05) is 34.6 Å². The summed E-state index contributed by atoms with van der Waals surface area (Å²) in [7, 11) is -1.85. The average Bonchev–Trinajstić information content (AvgIpc) is 3.37. The molecule has 2 N–H and O–H groups in total. The first-order valence-electron chi connectivity index (χ1n) is 10.8. The minimum atomic E-state index is -3.40. The van der Waals surface area contributed by atoms with Crippen LogP contribution in [0.4, 0.5) is 5.69 Å². The van der Waals surface area contributed by atoms with E-state index >= 15 is 0 Å². The Labute approximate surface area is 205 Å². The van der Waals surface area contributed by atoms with Crippen molar-refractivity contribution in [3.63, 3.8) is 0 Å². The number of nitrogens with zero attached hydrogens (tertiary/aromatic N) is 1. The highest BCUT2D eigenvalue weighted by molar-refractivity contribution is 7.92. The van der Waals surface area contributed by atoms with Gasteiger partial charge in [-0.3, -0.25) is 9.52 Å². The van der Waals surface area contributed by atoms with Crippen LogP contribution >= 0.6 is 0 Å². The molecule has 0 saturated heterocycles. The molecule has 0 saturated carbocycles. The van der Waals surface area contributed by atoms with Crippen LogP contribution in [-0.2, 0) is 10.0 Å². The third-order valence-corrected chi connectivity index (χ3v) is 6.29. The van der Waals surface area contributed by atoms with Crippen LogP contribution < -0.4 is 20.7 Å². The Morgan fingerprint density at radius 3 is 2.31 bits per heavy atom. The third-order valence-electron chi connectivity index (χ3n) is 5.68. The van der Waals surface area contributed by atoms with Gasteiger partial charge in [-0.1, -0.05) is 18.2 Å². The van der Waals surface area contributed by atoms with Gasteiger partial charge >= 0.3 is 5.69 Å². The van der Waals surface area contributed by atoms with Gasteiger partial charge in [0.25, 0.3) is 5.56 Å². The van der Waals surface area contributed by atoms with Crippen molar-refractivity contribution in [1.29, 1.82) is 0 Å². The molecular formula is C26H21N3O6S. The number of benzene rings is 3. The molecule has 10 heteroatoms. The number of anilines is 1. The molecule has 2 aromatic heterocycles. The number of rotatable bonds is 6. The fourth-order valence-electron chi connectivity index (χ4n) is 4.17. The molecule has 0 radical (unpaired) electrons. The Kier molecular flexibility index (Phi) is 5.73. The first kappa shape index (κ1) is 23.2. The van der Waals surface area contributed by atoms with E-state index in [1.165, 1.54) is 18.5 Å². The summed E-state index contributed by atoms with van der Waals surface area (Å²) < 4.78 is 37.8. The smallest absolute Gasteiger partial charge is 0.332 e. The van der Waals surface area contributed by atoms with Gasteiger partial charge in [0.2, 0.25) is 10.0 Å². The number of furan rings is 1. The van der Waals surface area contributed by atoms with Crippen LogP contribution in [0.15, 0.2) is 93.4 Å². The number of ether oxygens (including phenoxy) is 1. The van der Waals surface area contributed by atoms with E-state index < -0.39 is 21.3 Å². The first-order chi connectivity index (χ1) is 17.2. The molecule has 0 aliphatic carbocycles. The molecule has 2 heterocycles. The second-order valence-corrected chi connectivity index (χ2v) is 9.94. The molecule has 5 rings (SSSR count). The molecule has 0 bridgehead atoms. The maximum Gasteiger partial charge on any atom is 0.332 e. The molecule has 0 atom stereocenters. The predicted octanol–water partition coefficient (Wildman–Crippen LogP) is 3.99. The normalized spacial score (nSPS) is 11.5. The lowest BCUT2D eigenvalue weighted by Gasteiger charge is -2.17. The zero-order valence-corrected chi connectivity index (χ0v) is 20.1. The lowest BCUT2D eigenvalue weighted by molar-refractivity contribution is 0.418. The minimum Gasteiger partial charge on any atom is -0.495 e. The number of sulfonamides is 1. The van der Waals surface area contributed by atoms with Crippen molar-refractivity contribution in [3.05, 3.63) is 100 Å². The number of aromatic amines is 1. The SMILES string of the molecule is COc1c(-c2ccoc2)cc(-n2c(=O)cc[nH]c2=O)cc1-c1ccc2cc(NS(C)(=O)=O)ccc2c1. The highest BCUT2D eigenvalue weighted by atomic mass is 32.2. The van der Waals surface area contributed by atoms with Crippen LogP contribution in [0.1, 0.15) is 0 Å². The number of hydrogen-bond acceptors (Lipinski definition) is 6. The van der Waals surface area contributed by atoms with E-state index in [1.54, 1.807) is 43.7 Å². The summed E-state index contributed by atoms with van der Waals surface area (Å²) in [6.45, 7) is 0. The summed E-state index contributed by atoms with van der Waals surface area (Å²) in [5.41, 5.74) is 2.56. The van der Waals surface area contributed by atoms with Crippen molar-refractivity contribution in [2.45, 2.75) is 0 Å². The molecule has 36 heavy (non-hydrogen) atoms. The van der Waals surface area contributed by atoms with E-state index in [1.807, 2.05) is 24.3 Å². The van der Waals surface area contributed by atoms with Crippen molar-refractivity contribution in [3.8, 4) is 33.7 Å². The maximum atomic E-state index is 12.6. The molecule has 9 nitrogen and oxygen atoms in total. The number of methoxy groups -OCH3 is 1. The third kappa shape index (κ3) is 4.41. The van der Waals surface area contributed by atoms with Crippen molar-refractivity contribution < 1.29 is 17.6 Å². The molecule has 0 spiro atoms. The van der Waals surface area contributed by atoms with E-state index in [9.17, 15) is 18.0 Å². The van der Waals surface area contributed by atoms with Gasteiger partial charge in [-0.2, -0.15) is 0 Å². The van der Waals surface area contributed by atoms with Gasteiger partial charge in [-0.05, 0) is 52.7 Å². The number of H-pyrrole nitrogens is 1. The van der Waals surface area contributed by atoms with Crippen LogP contribution in [0.3, 0.4) is 0 Å². The molecule has 3 aromatic carbocycles. The Hall–Kier alpha value is -4.57. The van der Waals surface area contributed by atoms with Crippen molar-refractivity contribution in [1.82, 2.24) is 9.55 Å². The standard InChI is InChI=1S/C26H21N3O6S/c1-34-25-22(18-4-3-17-12-20(28-36(2,32)33)6-5-16(17)11-18)13-21(14-23(25)19-8-10-35-15-19)29-24(30)7-9-27-26(29)31/h3-15,28H,1-2H3,(H,27,31). The van der Waals surface area contributed by atoms with Crippen LogP contribution in [0.25, 0.3) is 38.7 Å². The zero-order chi connectivity index (χ0) is 25.4. The molecule has 0 unspecified atom stereocenters. The molecular weight excluding hydrogens is 482 g/mol. The topological polar surface area (TPSA) is 123 Å². The monoisotopic (exact) mass is 503 g/mol. The Morgan fingerprint density at radius 2 is 1.64 bits per heavy atom. The number of hydrogen-bond donors (Lipinski definition) is 2. The van der Waals surface area contributed by atoms with Gasteiger partial charge in [-0.25, -0.2) is 17.8 Å². The van der Waals surface area contributed by atoms with Crippen LogP contribution in [-0.4, -0.2) is 31.3 Å². The van der Waals surface area contributed by atoms with Gasteiger partial charge in [-0.15, -0.1) is 0 Å². The van der Waals surface area contributed by atoms with E-state index in [0.717, 1.165) is 27.2 Å². The van der Waals surface area contributed by atoms with Gasteiger partial charge in [0.05, 0.1) is 31.6 Å². The fourth-order valence-corrected chi connectivity index (χ4v) is 4.72. The van der Waals surface area contributed by atoms with Crippen molar-refractivity contribution in [2.75, 3.05) is 18.1 Å². The van der Waals surface area contributed by atoms with Crippen molar-refractivity contribution in [2.24, 2.45) is 0 Å². The van der Waals surface area contributed by atoms with Crippen LogP contribution in [0, 0.1) is 0 Å². The van der Waals surface area contributed by atoms with Crippen molar-refractivity contribution >= 4 is 26.5 Å². The lowest BCUT2D eigenvalue weighted by Crippen LogP contribution is -2.32. The Balaban J connectivity index is 1.74. The highest BCUT2D eigenvalue weighted by Crippen LogP contribution is 2.41. The quantitative estimate of drug-likeness (QED) is 0.361. The summed E-state index contributed by atoms with van der Waals surface area (Å²) in [6, 6.07) is 17.4. The number of nitrogens with one attached hydrogen (secondary N) is 2. The molecule has 0 aliphatic rings. The van der Waals surface area contributed by atoms with Crippen LogP contribution in [0.5, 0.6) is 5.75 Å². The lowest BCUT2D eigenvalue weighted by atomic mass is 9.95. The van der Waals surface area contributed by atoms with Crippen LogP contribution in [0.2, 0.25) is 0 Å². The van der Waals surface area contributed by atoms with E-state index in [4.69, 9.17) is 9.15 Å². The second kappa shape index (κ2) is 8.90. The van der Waals surface area contributed by atoms with E-state index in [2.05, 4.69) is 9.71 Å². The maximum absolute atomic E-state index is 12.6. The fraction of sp³-hybridized carbons (Fsp3) is 0.0769. The summed E-state index contributed by atoms with van der Waals surface area (Å²) in [6.07, 6.45) is 5.49. The predicted molar refractivity (Wildman–Crippen MR) is 138 cm³/mol. The number of fused-ring (bicyclic) bond motifs is 1. The molecule has 5 aromatic rings. The largest absolute Gasteiger partial charge is 0.495 e. The Bertz CT molecular complexity index is 1790. The highest BCUT2D eigenvalue weighted by Gasteiger charge is 2.18. The van der Waals surface area contributed by atoms with E-state index in [0.29, 0.717) is 33.8 Å². The first-order valence-corrected chi connectivity index (χ1v) is 12.7. The summed E-state index contributed by atoms with van der Waals surface area (Å²) in [5.74, 6) is 0.537. The van der Waals surface area contributed by atoms with Gasteiger partial charge < -0.3 is 14.1 Å². The Morgan fingerprint density at radius 1 is 0.917 bits per heavy atom. The molecule has 182 valence electrons. The average molecular weight is 504 g/mol. The van der Waals surface area contributed by atoms with E-state index in [-0.39, 0.29) is 0 Å². The second-order valence-electron chi connectivity index (χ2n) is 8.19.